The molecule has 3 N–H and O–H groups in total. The Kier molecular flexibility index (Phi) is 7.12. The van der Waals surface area contributed by atoms with Crippen LogP contribution in [-0.2, 0) is 4.79 Å². The van der Waals surface area contributed by atoms with Crippen LogP contribution in [0.2, 0.25) is 10.0 Å². The molecule has 2 rings (SSSR count). The van der Waals surface area contributed by atoms with Crippen LogP contribution >= 0.6 is 23.2 Å². The number of halogens is 2. The van der Waals surface area contributed by atoms with E-state index in [1.807, 2.05) is 6.92 Å². The Bertz CT molecular complexity index is 795. The van der Waals surface area contributed by atoms with Crippen molar-refractivity contribution in [2.45, 2.75) is 19.4 Å². The lowest BCUT2D eigenvalue weighted by Crippen LogP contribution is -2.36. The van der Waals surface area contributed by atoms with Crippen LogP contribution in [0, 0.1) is 0 Å². The van der Waals surface area contributed by atoms with Gasteiger partial charge in [0, 0.05) is 10.7 Å². The predicted octanol–water partition coefficient (Wildman–Crippen LogP) is 4.05. The monoisotopic (exact) mass is 395 g/mol. The van der Waals surface area contributed by atoms with Crippen molar-refractivity contribution in [1.82, 2.24) is 5.43 Å². The molecule has 0 fully saturated rings. The van der Waals surface area contributed by atoms with Crippen molar-refractivity contribution < 1.29 is 14.6 Å². The lowest BCUT2D eigenvalue weighted by atomic mass is 10.2. The standard InChI is InChI=1S/C18H19Cl2N3O3/c1-3-15(22-13-6-4-12(19)5-7-13)18(25)23-21-10-11-8-14(20)17(24)16(9-11)26-2/h4-10,15,22,24H,3H2,1-2H3,(H,23,25)/b21-10-/t15-/m1/s1. The molecule has 6 nitrogen and oxygen atoms in total. The van der Waals surface area contributed by atoms with Gasteiger partial charge in [0.15, 0.2) is 11.5 Å². The zero-order chi connectivity index (χ0) is 19.1. The van der Waals surface area contributed by atoms with Crippen molar-refractivity contribution >= 4 is 41.0 Å². The van der Waals surface area contributed by atoms with Gasteiger partial charge in [0.25, 0.3) is 5.91 Å². The summed E-state index contributed by atoms with van der Waals surface area (Å²) in [6.45, 7) is 1.89. The van der Waals surface area contributed by atoms with Crippen LogP contribution in [0.3, 0.4) is 0 Å². The highest BCUT2D eigenvalue weighted by atomic mass is 35.5. The van der Waals surface area contributed by atoms with E-state index < -0.39 is 6.04 Å². The Hall–Kier alpha value is -2.44. The highest BCUT2D eigenvalue weighted by molar-refractivity contribution is 6.32. The summed E-state index contributed by atoms with van der Waals surface area (Å²) >= 11 is 11.8. The number of rotatable bonds is 7. The van der Waals surface area contributed by atoms with Gasteiger partial charge < -0.3 is 15.2 Å². The van der Waals surface area contributed by atoms with Gasteiger partial charge >= 0.3 is 0 Å². The van der Waals surface area contributed by atoms with Crippen molar-refractivity contribution in [3.63, 3.8) is 0 Å². The Morgan fingerprint density at radius 2 is 2.00 bits per heavy atom. The number of ether oxygens (including phenoxy) is 1. The number of nitrogens with zero attached hydrogens (tertiary/aromatic N) is 1. The number of carbonyl (C=O) groups excluding carboxylic acids is 1. The summed E-state index contributed by atoms with van der Waals surface area (Å²) in [6, 6.07) is 9.70. The van der Waals surface area contributed by atoms with Gasteiger partial charge in [-0.25, -0.2) is 5.43 Å². The number of hydrazone groups is 1. The van der Waals surface area contributed by atoms with Gasteiger partial charge in [-0.15, -0.1) is 0 Å². The quantitative estimate of drug-likeness (QED) is 0.487. The van der Waals surface area contributed by atoms with Gasteiger partial charge in [0.2, 0.25) is 0 Å². The number of phenols is 1. The maximum absolute atomic E-state index is 12.3. The number of nitrogens with one attached hydrogen (secondary N) is 2. The zero-order valence-corrected chi connectivity index (χ0v) is 15.8. The van der Waals surface area contributed by atoms with E-state index in [2.05, 4.69) is 15.8 Å². The van der Waals surface area contributed by atoms with E-state index in [1.54, 1.807) is 30.3 Å². The summed E-state index contributed by atoms with van der Waals surface area (Å²) in [6.07, 6.45) is 1.99. The minimum atomic E-state index is -0.453. The van der Waals surface area contributed by atoms with Crippen LogP contribution in [0.25, 0.3) is 0 Å². The number of hydrogen-bond acceptors (Lipinski definition) is 5. The van der Waals surface area contributed by atoms with E-state index in [1.165, 1.54) is 19.4 Å². The van der Waals surface area contributed by atoms with E-state index >= 15 is 0 Å². The summed E-state index contributed by atoms with van der Waals surface area (Å²) in [4.78, 5) is 12.3. The first-order chi connectivity index (χ1) is 12.4. The minimum absolute atomic E-state index is 0.132. The van der Waals surface area contributed by atoms with Crippen molar-refractivity contribution in [2.75, 3.05) is 12.4 Å². The zero-order valence-electron chi connectivity index (χ0n) is 14.3. The summed E-state index contributed by atoms with van der Waals surface area (Å²) < 4.78 is 5.02. The SMILES string of the molecule is CC[C@@H](Nc1ccc(Cl)cc1)C(=O)N/N=C\c1cc(Cl)c(O)c(OC)c1. The maximum Gasteiger partial charge on any atom is 0.262 e. The molecule has 2 aromatic carbocycles. The normalized spacial score (nSPS) is 12.0. The van der Waals surface area contributed by atoms with Gasteiger partial charge in [-0.3, -0.25) is 4.79 Å². The summed E-state index contributed by atoms with van der Waals surface area (Å²) in [5.41, 5.74) is 3.84. The molecule has 0 saturated carbocycles. The van der Waals surface area contributed by atoms with Crippen molar-refractivity contribution in [1.29, 1.82) is 0 Å². The number of hydrogen-bond donors (Lipinski definition) is 3. The second kappa shape index (κ2) is 9.31. The van der Waals surface area contributed by atoms with Crippen molar-refractivity contribution in [3.05, 3.63) is 52.0 Å². The molecule has 0 unspecified atom stereocenters. The number of carbonyl (C=O) groups is 1. The predicted molar refractivity (Wildman–Crippen MR) is 105 cm³/mol. The largest absolute Gasteiger partial charge is 0.503 e. The maximum atomic E-state index is 12.3. The Balaban J connectivity index is 2.00. The molecule has 0 aromatic heterocycles. The fourth-order valence-electron chi connectivity index (χ4n) is 2.17. The molecule has 1 atom stereocenters. The van der Waals surface area contributed by atoms with Crippen LogP contribution in [-0.4, -0.2) is 30.4 Å². The number of phenolic OH excluding ortho intramolecular Hbond substituents is 1. The van der Waals surface area contributed by atoms with Crippen molar-refractivity contribution in [3.8, 4) is 11.5 Å². The summed E-state index contributed by atoms with van der Waals surface area (Å²) in [7, 11) is 1.42. The number of anilines is 1. The smallest absolute Gasteiger partial charge is 0.262 e. The lowest BCUT2D eigenvalue weighted by molar-refractivity contribution is -0.121. The van der Waals surface area contributed by atoms with Crippen LogP contribution in [0.1, 0.15) is 18.9 Å². The average Bonchev–Trinajstić information content (AvgIpc) is 2.63. The van der Waals surface area contributed by atoms with Gasteiger partial charge in [-0.2, -0.15) is 5.10 Å². The molecule has 0 aliphatic rings. The minimum Gasteiger partial charge on any atom is -0.503 e. The van der Waals surface area contributed by atoms with Crippen LogP contribution in [0.5, 0.6) is 11.5 Å². The number of methoxy groups -OCH3 is 1. The summed E-state index contributed by atoms with van der Waals surface area (Å²) in [5, 5.41) is 17.5. The molecule has 2 aromatic rings. The molecule has 1 amide bonds. The number of benzene rings is 2. The molecule has 0 heterocycles. The van der Waals surface area contributed by atoms with Gasteiger partial charge in [-0.1, -0.05) is 30.1 Å². The highest BCUT2D eigenvalue weighted by Gasteiger charge is 2.15. The second-order valence-electron chi connectivity index (χ2n) is 5.40. The molecule has 0 radical (unpaired) electrons. The van der Waals surface area contributed by atoms with Crippen LogP contribution in [0.15, 0.2) is 41.5 Å². The Morgan fingerprint density at radius 3 is 2.62 bits per heavy atom. The molecule has 26 heavy (non-hydrogen) atoms. The van der Waals surface area contributed by atoms with Gasteiger partial charge in [0.05, 0.1) is 18.3 Å². The number of amides is 1. The van der Waals surface area contributed by atoms with E-state index in [9.17, 15) is 9.90 Å². The topological polar surface area (TPSA) is 83.0 Å². The van der Waals surface area contributed by atoms with E-state index in [0.717, 1.165) is 5.69 Å². The third-order valence-electron chi connectivity index (χ3n) is 3.57. The lowest BCUT2D eigenvalue weighted by Gasteiger charge is -2.16. The molecule has 0 aliphatic carbocycles. The number of aromatic hydroxyl groups is 1. The molecular weight excluding hydrogens is 377 g/mol. The van der Waals surface area contributed by atoms with Crippen molar-refractivity contribution in [2.24, 2.45) is 5.10 Å². The fourth-order valence-corrected chi connectivity index (χ4v) is 2.52. The van der Waals surface area contributed by atoms with Gasteiger partial charge in [0.1, 0.15) is 6.04 Å². The van der Waals surface area contributed by atoms with Crippen LogP contribution < -0.4 is 15.5 Å². The van der Waals surface area contributed by atoms with Crippen LogP contribution in [0.4, 0.5) is 5.69 Å². The second-order valence-corrected chi connectivity index (χ2v) is 6.24. The third-order valence-corrected chi connectivity index (χ3v) is 4.11. The van der Waals surface area contributed by atoms with E-state index in [4.69, 9.17) is 27.9 Å². The molecular formula is C18H19Cl2N3O3. The highest BCUT2D eigenvalue weighted by Crippen LogP contribution is 2.34. The fraction of sp³-hybridized carbons (Fsp3) is 0.222. The summed E-state index contributed by atoms with van der Waals surface area (Å²) in [5.74, 6) is -0.203. The Labute approximate surface area is 161 Å². The first-order valence-corrected chi connectivity index (χ1v) is 8.61. The molecule has 0 spiro atoms. The first kappa shape index (κ1) is 19.9. The molecule has 8 heteroatoms. The molecule has 0 aliphatic heterocycles. The third kappa shape index (κ3) is 5.28. The Morgan fingerprint density at radius 1 is 1.31 bits per heavy atom. The molecule has 0 bridgehead atoms. The molecule has 0 saturated heterocycles. The first-order valence-electron chi connectivity index (χ1n) is 7.86. The van der Waals surface area contributed by atoms with E-state index in [0.29, 0.717) is 17.0 Å². The molecule has 138 valence electrons. The average molecular weight is 396 g/mol. The van der Waals surface area contributed by atoms with E-state index in [-0.39, 0.29) is 22.4 Å². The van der Waals surface area contributed by atoms with Gasteiger partial charge in [-0.05, 0) is 48.4 Å².